The van der Waals surface area contributed by atoms with Crippen molar-refractivity contribution in [3.8, 4) is 0 Å². The maximum atomic E-state index is 12.2. The molecule has 0 aliphatic carbocycles. The third-order valence-electron chi connectivity index (χ3n) is 4.57. The molecule has 8 nitrogen and oxygen atoms in total. The smallest absolute Gasteiger partial charge is 0.226 e. The number of hydrogen-bond acceptors (Lipinski definition) is 8. The summed E-state index contributed by atoms with van der Waals surface area (Å²) in [6.45, 7) is 1.78. The second-order valence-electron chi connectivity index (χ2n) is 7.15. The van der Waals surface area contributed by atoms with Crippen LogP contribution in [0.5, 0.6) is 0 Å². The van der Waals surface area contributed by atoms with Gasteiger partial charge in [-0.15, -0.1) is 10.2 Å². The molecule has 2 amide bonds. The SMILES string of the molecule is CC(NC(=O)CCC(=O)Nc1nnc(SCc2ccc(Cl)cc2)s1)c1nc2ccccc2o1. The number of thioether (sulfide) groups is 1. The summed E-state index contributed by atoms with van der Waals surface area (Å²) in [5.74, 6) is 0.575. The molecule has 0 saturated carbocycles. The molecule has 0 fully saturated rings. The number of fused-ring (bicyclic) bond motifs is 1. The third-order valence-corrected chi connectivity index (χ3v) is 6.86. The van der Waals surface area contributed by atoms with Crippen molar-refractivity contribution in [2.24, 2.45) is 0 Å². The van der Waals surface area contributed by atoms with Gasteiger partial charge in [0.2, 0.25) is 22.8 Å². The zero-order valence-electron chi connectivity index (χ0n) is 17.6. The summed E-state index contributed by atoms with van der Waals surface area (Å²) in [6, 6.07) is 14.6. The first-order valence-corrected chi connectivity index (χ1v) is 12.3. The van der Waals surface area contributed by atoms with Crippen LogP contribution in [-0.4, -0.2) is 27.0 Å². The molecule has 1 unspecified atom stereocenters. The van der Waals surface area contributed by atoms with Crippen molar-refractivity contribution in [2.45, 2.75) is 35.9 Å². The van der Waals surface area contributed by atoms with E-state index >= 15 is 0 Å². The van der Waals surface area contributed by atoms with Crippen molar-refractivity contribution in [3.63, 3.8) is 0 Å². The molecule has 170 valence electrons. The van der Waals surface area contributed by atoms with Crippen LogP contribution in [0.3, 0.4) is 0 Å². The third kappa shape index (κ3) is 6.53. The summed E-state index contributed by atoms with van der Waals surface area (Å²) >= 11 is 8.71. The van der Waals surface area contributed by atoms with E-state index in [0.717, 1.165) is 21.2 Å². The van der Waals surface area contributed by atoms with Gasteiger partial charge in [-0.25, -0.2) is 4.98 Å². The molecule has 2 heterocycles. The number of nitrogens with zero attached hydrogens (tertiary/aromatic N) is 3. The minimum atomic E-state index is -0.406. The van der Waals surface area contributed by atoms with E-state index < -0.39 is 6.04 Å². The fourth-order valence-electron chi connectivity index (χ4n) is 2.90. The Balaban J connectivity index is 1.20. The number of rotatable bonds is 9. The second kappa shape index (κ2) is 10.8. The summed E-state index contributed by atoms with van der Waals surface area (Å²) in [4.78, 5) is 28.8. The van der Waals surface area contributed by atoms with Crippen LogP contribution in [0.15, 0.2) is 57.3 Å². The molecule has 33 heavy (non-hydrogen) atoms. The van der Waals surface area contributed by atoms with Gasteiger partial charge in [0.25, 0.3) is 0 Å². The average molecular weight is 502 g/mol. The van der Waals surface area contributed by atoms with Gasteiger partial charge in [-0.05, 0) is 36.8 Å². The molecule has 0 saturated heterocycles. The van der Waals surface area contributed by atoms with Crippen molar-refractivity contribution in [1.29, 1.82) is 0 Å². The first kappa shape index (κ1) is 23.2. The van der Waals surface area contributed by atoms with E-state index in [1.54, 1.807) is 6.92 Å². The average Bonchev–Trinajstić information content (AvgIpc) is 3.44. The Hall–Kier alpha value is -2.95. The van der Waals surface area contributed by atoms with E-state index in [1.807, 2.05) is 48.5 Å². The Bertz CT molecular complexity index is 1230. The normalized spacial score (nSPS) is 11.9. The van der Waals surface area contributed by atoms with Gasteiger partial charge in [0.05, 0.1) is 0 Å². The highest BCUT2D eigenvalue weighted by Crippen LogP contribution is 2.28. The number of halogens is 1. The minimum Gasteiger partial charge on any atom is -0.438 e. The van der Waals surface area contributed by atoms with Gasteiger partial charge in [-0.2, -0.15) is 0 Å². The maximum absolute atomic E-state index is 12.2. The van der Waals surface area contributed by atoms with E-state index in [0.29, 0.717) is 21.6 Å². The maximum Gasteiger partial charge on any atom is 0.226 e. The van der Waals surface area contributed by atoms with Crippen LogP contribution in [0.25, 0.3) is 11.1 Å². The van der Waals surface area contributed by atoms with Crippen molar-refractivity contribution >= 4 is 62.7 Å². The molecule has 4 rings (SSSR count). The number of hydrogen-bond donors (Lipinski definition) is 2. The van der Waals surface area contributed by atoms with Gasteiger partial charge in [-0.3, -0.25) is 9.59 Å². The number of anilines is 1. The van der Waals surface area contributed by atoms with Gasteiger partial charge in [-0.1, -0.05) is 59.0 Å². The zero-order valence-corrected chi connectivity index (χ0v) is 20.0. The lowest BCUT2D eigenvalue weighted by atomic mass is 10.2. The largest absolute Gasteiger partial charge is 0.438 e. The number of carbonyl (C=O) groups is 2. The highest BCUT2D eigenvalue weighted by molar-refractivity contribution is 8.00. The Labute approximate surface area is 203 Å². The van der Waals surface area contributed by atoms with Crippen LogP contribution in [0.2, 0.25) is 5.02 Å². The molecule has 2 aromatic heterocycles. The lowest BCUT2D eigenvalue weighted by molar-refractivity contribution is -0.124. The molecule has 0 aliphatic rings. The standard InChI is InChI=1S/C22H20ClN5O3S2/c1-13(20-25-16-4-2-3-5-17(16)31-20)24-18(29)10-11-19(30)26-21-27-28-22(33-21)32-12-14-6-8-15(23)9-7-14/h2-9,13H,10-12H2,1H3,(H,24,29)(H,26,27,30). The lowest BCUT2D eigenvalue weighted by Crippen LogP contribution is -2.27. The summed E-state index contributed by atoms with van der Waals surface area (Å²) in [7, 11) is 0. The number of carbonyl (C=O) groups excluding carboxylic acids is 2. The van der Waals surface area contributed by atoms with Gasteiger partial charge < -0.3 is 15.1 Å². The fraction of sp³-hybridized carbons (Fsp3) is 0.227. The van der Waals surface area contributed by atoms with Gasteiger partial charge in [0.15, 0.2) is 9.92 Å². The van der Waals surface area contributed by atoms with Crippen LogP contribution >= 0.6 is 34.7 Å². The monoisotopic (exact) mass is 501 g/mol. The first-order valence-electron chi connectivity index (χ1n) is 10.1. The molecule has 2 aromatic carbocycles. The van der Waals surface area contributed by atoms with Gasteiger partial charge in [0.1, 0.15) is 11.6 Å². The molecule has 0 bridgehead atoms. The van der Waals surface area contributed by atoms with E-state index in [9.17, 15) is 9.59 Å². The molecular formula is C22H20ClN5O3S2. The minimum absolute atomic E-state index is 0.0267. The predicted octanol–water partition coefficient (Wildman–Crippen LogP) is 5.22. The Morgan fingerprint density at radius 3 is 2.64 bits per heavy atom. The number of aromatic nitrogens is 3. The number of benzene rings is 2. The van der Waals surface area contributed by atoms with Crippen molar-refractivity contribution < 1.29 is 14.0 Å². The molecule has 1 atom stereocenters. The van der Waals surface area contributed by atoms with Crippen LogP contribution < -0.4 is 10.6 Å². The first-order chi connectivity index (χ1) is 16.0. The van der Waals surface area contributed by atoms with Crippen LogP contribution in [0.4, 0.5) is 5.13 Å². The summed E-state index contributed by atoms with van der Waals surface area (Å²) in [6.07, 6.45) is 0.0618. The fourth-order valence-corrected chi connectivity index (χ4v) is 4.75. The molecule has 2 N–H and O–H groups in total. The van der Waals surface area contributed by atoms with E-state index in [2.05, 4.69) is 25.8 Å². The predicted molar refractivity (Wildman–Crippen MR) is 129 cm³/mol. The lowest BCUT2D eigenvalue weighted by Gasteiger charge is -2.10. The zero-order chi connectivity index (χ0) is 23.2. The Morgan fingerprint density at radius 1 is 1.09 bits per heavy atom. The summed E-state index contributed by atoms with van der Waals surface area (Å²) in [5.41, 5.74) is 2.51. The quantitative estimate of drug-likeness (QED) is 0.239. The molecule has 0 spiro atoms. The van der Waals surface area contributed by atoms with Crippen LogP contribution in [0, 0.1) is 0 Å². The molecular weight excluding hydrogens is 482 g/mol. The molecule has 4 aromatic rings. The number of amides is 2. The number of oxazole rings is 1. The molecule has 11 heteroatoms. The van der Waals surface area contributed by atoms with E-state index in [4.69, 9.17) is 16.0 Å². The highest BCUT2D eigenvalue weighted by Gasteiger charge is 2.17. The topological polar surface area (TPSA) is 110 Å². The molecule has 0 radical (unpaired) electrons. The van der Waals surface area contributed by atoms with Crippen molar-refractivity contribution in [1.82, 2.24) is 20.5 Å². The Kier molecular flexibility index (Phi) is 7.58. The molecule has 0 aliphatic heterocycles. The highest BCUT2D eigenvalue weighted by atomic mass is 35.5. The van der Waals surface area contributed by atoms with E-state index in [-0.39, 0.29) is 24.7 Å². The van der Waals surface area contributed by atoms with Crippen LogP contribution in [-0.2, 0) is 15.3 Å². The van der Waals surface area contributed by atoms with Gasteiger partial charge >= 0.3 is 0 Å². The summed E-state index contributed by atoms with van der Waals surface area (Å²) in [5, 5.41) is 14.7. The number of nitrogens with one attached hydrogen (secondary N) is 2. The van der Waals surface area contributed by atoms with Gasteiger partial charge in [0, 0.05) is 23.6 Å². The van der Waals surface area contributed by atoms with Crippen molar-refractivity contribution in [3.05, 3.63) is 65.0 Å². The van der Waals surface area contributed by atoms with Crippen LogP contribution in [0.1, 0.15) is 37.3 Å². The van der Waals surface area contributed by atoms with E-state index in [1.165, 1.54) is 23.1 Å². The summed E-state index contributed by atoms with van der Waals surface area (Å²) < 4.78 is 6.40. The Morgan fingerprint density at radius 2 is 1.85 bits per heavy atom. The second-order valence-corrected chi connectivity index (χ2v) is 9.78. The number of para-hydroxylation sites is 2. The van der Waals surface area contributed by atoms with Crippen molar-refractivity contribution in [2.75, 3.05) is 5.32 Å².